The van der Waals surface area contributed by atoms with Crippen LogP contribution in [0.25, 0.3) is 0 Å². The van der Waals surface area contributed by atoms with Gasteiger partial charge in [-0.3, -0.25) is 4.90 Å². The minimum Gasteiger partial charge on any atom is -0.478 e. The Balaban J connectivity index is 1.57. The number of fused-ring (bicyclic) bond motifs is 3. The van der Waals surface area contributed by atoms with E-state index in [2.05, 4.69) is 28.9 Å². The maximum absolute atomic E-state index is 11.2. The number of aliphatic hydroxyl groups is 1. The smallest absolute Gasteiger partial charge is 0.213 e. The van der Waals surface area contributed by atoms with Gasteiger partial charge in [-0.2, -0.15) is 0 Å². The highest BCUT2D eigenvalue weighted by Crippen LogP contribution is 2.35. The van der Waals surface area contributed by atoms with Crippen LogP contribution in [0.15, 0.2) is 42.5 Å². The van der Waals surface area contributed by atoms with Crippen LogP contribution in [0.1, 0.15) is 36.1 Å². The van der Waals surface area contributed by atoms with Crippen molar-refractivity contribution < 1.29 is 14.6 Å². The Morgan fingerprint density at radius 1 is 1.13 bits per heavy atom. The Morgan fingerprint density at radius 2 is 1.93 bits per heavy atom. The largest absolute Gasteiger partial charge is 0.478 e. The quantitative estimate of drug-likeness (QED) is 0.566. The van der Waals surface area contributed by atoms with Gasteiger partial charge in [-0.15, -0.1) is 0 Å². The molecule has 1 aromatic heterocycles. The molecule has 5 rings (SSSR count). The summed E-state index contributed by atoms with van der Waals surface area (Å²) in [6.07, 6.45) is 3.54. The maximum atomic E-state index is 11.2. The number of pyridine rings is 1. The van der Waals surface area contributed by atoms with Gasteiger partial charge in [0.05, 0.1) is 12.3 Å². The van der Waals surface area contributed by atoms with Gasteiger partial charge in [-0.1, -0.05) is 42.2 Å². The molecule has 3 aliphatic heterocycles. The lowest BCUT2D eigenvalue weighted by Gasteiger charge is -2.47. The molecule has 3 saturated heterocycles. The number of hydrogen-bond acceptors (Lipinski definition) is 5. The van der Waals surface area contributed by atoms with E-state index < -0.39 is 5.60 Å². The molecule has 2 bridgehead atoms. The number of piperidine rings is 3. The second-order valence-electron chi connectivity index (χ2n) is 8.23. The standard InChI is InChI=1S/C25H30N2O3/c1-29-16-5-17-30-24-9-8-21(23(26-24)18-20-6-3-2-4-7-20)10-13-25(28)19-27-14-11-22(25)12-15-27/h2-4,6-9,22,28H,5,11-12,14-19H2,1H3/t25-/m0/s1. The highest BCUT2D eigenvalue weighted by molar-refractivity contribution is 5.44. The lowest BCUT2D eigenvalue weighted by Crippen LogP contribution is -2.58. The fourth-order valence-corrected chi connectivity index (χ4v) is 4.34. The zero-order chi connectivity index (χ0) is 20.8. The molecule has 0 radical (unpaired) electrons. The fourth-order valence-electron chi connectivity index (χ4n) is 4.34. The topological polar surface area (TPSA) is 54.8 Å². The van der Waals surface area contributed by atoms with Gasteiger partial charge in [0.25, 0.3) is 0 Å². The third-order valence-electron chi connectivity index (χ3n) is 6.05. The summed E-state index contributed by atoms with van der Waals surface area (Å²) in [5.74, 6) is 7.35. The minimum atomic E-state index is -0.921. The van der Waals surface area contributed by atoms with E-state index in [0.29, 0.717) is 32.1 Å². The van der Waals surface area contributed by atoms with Crippen LogP contribution in [-0.2, 0) is 11.2 Å². The number of benzene rings is 1. The summed E-state index contributed by atoms with van der Waals surface area (Å²) in [5.41, 5.74) is 1.98. The first-order valence-corrected chi connectivity index (χ1v) is 10.8. The minimum absolute atomic E-state index is 0.268. The monoisotopic (exact) mass is 406 g/mol. The molecule has 1 atom stereocenters. The highest BCUT2D eigenvalue weighted by atomic mass is 16.5. The zero-order valence-electron chi connectivity index (χ0n) is 17.6. The van der Waals surface area contributed by atoms with Crippen molar-refractivity contribution in [2.45, 2.75) is 31.3 Å². The molecule has 0 spiro atoms. The van der Waals surface area contributed by atoms with Crippen molar-refractivity contribution in [1.82, 2.24) is 9.88 Å². The lowest BCUT2D eigenvalue weighted by molar-refractivity contribution is -0.0713. The molecular formula is C25H30N2O3. The average molecular weight is 407 g/mol. The number of ether oxygens (including phenoxy) is 2. The molecule has 0 amide bonds. The van der Waals surface area contributed by atoms with Crippen LogP contribution in [0.5, 0.6) is 5.88 Å². The first kappa shape index (κ1) is 20.9. The molecule has 1 aromatic carbocycles. The molecule has 1 N–H and O–H groups in total. The fraction of sp³-hybridized carbons (Fsp3) is 0.480. The van der Waals surface area contributed by atoms with Crippen LogP contribution in [0.2, 0.25) is 0 Å². The Bertz CT molecular complexity index is 898. The molecule has 158 valence electrons. The van der Waals surface area contributed by atoms with Crippen LogP contribution < -0.4 is 4.74 Å². The first-order chi connectivity index (χ1) is 14.7. The summed E-state index contributed by atoms with van der Waals surface area (Å²) in [6.45, 7) is 4.02. The third kappa shape index (κ3) is 5.02. The average Bonchev–Trinajstić information content (AvgIpc) is 2.77. The van der Waals surface area contributed by atoms with Gasteiger partial charge in [-0.25, -0.2) is 4.98 Å². The van der Waals surface area contributed by atoms with E-state index >= 15 is 0 Å². The van der Waals surface area contributed by atoms with Crippen LogP contribution >= 0.6 is 0 Å². The Morgan fingerprint density at radius 3 is 2.63 bits per heavy atom. The summed E-state index contributed by atoms with van der Waals surface area (Å²) in [5, 5.41) is 11.2. The third-order valence-corrected chi connectivity index (χ3v) is 6.05. The van der Waals surface area contributed by atoms with Crippen molar-refractivity contribution in [3.8, 4) is 17.7 Å². The maximum Gasteiger partial charge on any atom is 0.213 e. The van der Waals surface area contributed by atoms with E-state index in [0.717, 1.165) is 43.6 Å². The van der Waals surface area contributed by atoms with Crippen LogP contribution in [0, 0.1) is 17.8 Å². The molecule has 3 fully saturated rings. The SMILES string of the molecule is COCCCOc1ccc(C#C[C@]2(O)CN3CCC2CC3)c(Cc2ccccc2)n1. The van der Waals surface area contributed by atoms with Gasteiger partial charge < -0.3 is 14.6 Å². The van der Waals surface area contributed by atoms with Gasteiger partial charge in [0.1, 0.15) is 5.60 Å². The van der Waals surface area contributed by atoms with Gasteiger partial charge in [0.15, 0.2) is 0 Å². The van der Waals surface area contributed by atoms with Crippen molar-refractivity contribution in [2.75, 3.05) is 40.0 Å². The van der Waals surface area contributed by atoms with Gasteiger partial charge in [-0.05, 0) is 37.6 Å². The summed E-state index contributed by atoms with van der Waals surface area (Å²) in [7, 11) is 1.69. The number of aromatic nitrogens is 1. The van der Waals surface area contributed by atoms with Gasteiger partial charge in [0, 0.05) is 50.7 Å². The summed E-state index contributed by atoms with van der Waals surface area (Å²) < 4.78 is 10.9. The van der Waals surface area contributed by atoms with Crippen LogP contribution in [0.4, 0.5) is 0 Å². The number of rotatable bonds is 7. The highest BCUT2D eigenvalue weighted by Gasteiger charge is 2.44. The Kier molecular flexibility index (Phi) is 6.69. The van der Waals surface area contributed by atoms with E-state index in [9.17, 15) is 5.11 Å². The van der Waals surface area contributed by atoms with E-state index in [4.69, 9.17) is 14.5 Å². The summed E-state index contributed by atoms with van der Waals surface area (Å²) in [6, 6.07) is 14.1. The van der Waals surface area contributed by atoms with Crippen molar-refractivity contribution in [3.05, 3.63) is 59.3 Å². The first-order valence-electron chi connectivity index (χ1n) is 10.8. The molecule has 5 heteroatoms. The molecular weight excluding hydrogens is 376 g/mol. The van der Waals surface area contributed by atoms with Crippen molar-refractivity contribution in [3.63, 3.8) is 0 Å². The van der Waals surface area contributed by atoms with Crippen LogP contribution in [-0.4, -0.2) is 60.5 Å². The molecule has 5 nitrogen and oxygen atoms in total. The van der Waals surface area contributed by atoms with Crippen LogP contribution in [0.3, 0.4) is 0 Å². The second-order valence-corrected chi connectivity index (χ2v) is 8.23. The van der Waals surface area contributed by atoms with E-state index in [1.807, 2.05) is 30.3 Å². The second kappa shape index (κ2) is 9.61. The van der Waals surface area contributed by atoms with E-state index in [1.54, 1.807) is 7.11 Å². The van der Waals surface area contributed by atoms with Gasteiger partial charge in [0.2, 0.25) is 5.88 Å². The molecule has 4 heterocycles. The van der Waals surface area contributed by atoms with Gasteiger partial charge >= 0.3 is 0 Å². The lowest BCUT2D eigenvalue weighted by atomic mass is 9.75. The zero-order valence-corrected chi connectivity index (χ0v) is 17.6. The van der Waals surface area contributed by atoms with E-state index in [1.165, 1.54) is 5.56 Å². The van der Waals surface area contributed by atoms with Crippen molar-refractivity contribution in [1.29, 1.82) is 0 Å². The Hall–Kier alpha value is -2.39. The number of nitrogens with zero attached hydrogens (tertiary/aromatic N) is 2. The molecule has 2 aromatic rings. The predicted octanol–water partition coefficient (Wildman–Crippen LogP) is 2.90. The molecule has 3 aliphatic rings. The van der Waals surface area contributed by atoms with E-state index in [-0.39, 0.29) is 5.92 Å². The summed E-state index contributed by atoms with van der Waals surface area (Å²) in [4.78, 5) is 7.06. The number of methoxy groups -OCH3 is 1. The normalized spacial score (nSPS) is 24.9. The Labute approximate surface area is 179 Å². The molecule has 0 aliphatic carbocycles. The molecule has 0 unspecified atom stereocenters. The number of hydrogen-bond donors (Lipinski definition) is 1. The molecule has 0 saturated carbocycles. The van der Waals surface area contributed by atoms with Crippen molar-refractivity contribution >= 4 is 0 Å². The summed E-state index contributed by atoms with van der Waals surface area (Å²) >= 11 is 0. The molecule has 30 heavy (non-hydrogen) atoms. The predicted molar refractivity (Wildman–Crippen MR) is 116 cm³/mol. The van der Waals surface area contributed by atoms with Crippen molar-refractivity contribution in [2.24, 2.45) is 5.92 Å².